The maximum atomic E-state index is 11.9. The highest BCUT2D eigenvalue weighted by atomic mass is 32.2. The van der Waals surface area contributed by atoms with Gasteiger partial charge in [0.05, 0.1) is 0 Å². The van der Waals surface area contributed by atoms with Crippen LogP contribution < -0.4 is 10.6 Å². The maximum absolute atomic E-state index is 11.9. The number of guanidine groups is 1. The van der Waals surface area contributed by atoms with Gasteiger partial charge in [-0.05, 0) is 32.4 Å². The minimum Gasteiger partial charge on any atom is -0.357 e. The Labute approximate surface area is 124 Å². The molecule has 0 saturated carbocycles. The summed E-state index contributed by atoms with van der Waals surface area (Å²) in [7, 11) is 2.89. The van der Waals surface area contributed by atoms with Crippen LogP contribution in [0.25, 0.3) is 0 Å². The van der Waals surface area contributed by atoms with Crippen molar-refractivity contribution in [2.45, 2.75) is 32.1 Å². The third-order valence-corrected chi connectivity index (χ3v) is 4.78. The number of nitrogens with zero attached hydrogens (tertiary/aromatic N) is 2. The summed E-state index contributed by atoms with van der Waals surface area (Å²) >= 11 is 0. The number of aryl methyl sites for hydroxylation is 1. The molecule has 20 heavy (non-hydrogen) atoms. The quantitative estimate of drug-likeness (QED) is 0.635. The second-order valence-corrected chi connectivity index (χ2v) is 8.02. The van der Waals surface area contributed by atoms with E-state index in [4.69, 9.17) is 0 Å². The van der Waals surface area contributed by atoms with Gasteiger partial charge in [-0.2, -0.15) is 0 Å². The molecule has 0 saturated heterocycles. The van der Waals surface area contributed by atoms with Crippen molar-refractivity contribution in [3.63, 3.8) is 0 Å². The van der Waals surface area contributed by atoms with Crippen LogP contribution in [0.4, 0.5) is 0 Å². The van der Waals surface area contributed by atoms with E-state index < -0.39 is 10.8 Å². The summed E-state index contributed by atoms with van der Waals surface area (Å²) in [4.78, 5) is 4.16. The fourth-order valence-corrected chi connectivity index (χ4v) is 2.54. The Morgan fingerprint density at radius 3 is 2.60 bits per heavy atom. The molecule has 0 spiro atoms. The van der Waals surface area contributed by atoms with Crippen LogP contribution in [0.2, 0.25) is 0 Å². The first-order chi connectivity index (χ1) is 9.32. The summed E-state index contributed by atoms with van der Waals surface area (Å²) in [5, 5.41) is 6.43. The maximum Gasteiger partial charge on any atom is 0.191 e. The van der Waals surface area contributed by atoms with E-state index in [2.05, 4.69) is 27.9 Å². The predicted octanol–water partition coefficient (Wildman–Crippen LogP) is 1.24. The molecule has 0 fully saturated rings. The van der Waals surface area contributed by atoms with Gasteiger partial charge in [-0.15, -0.1) is 0 Å². The van der Waals surface area contributed by atoms with E-state index in [1.54, 1.807) is 7.05 Å². The molecule has 1 unspecified atom stereocenters. The van der Waals surface area contributed by atoms with E-state index in [-0.39, 0.29) is 4.75 Å². The summed E-state index contributed by atoms with van der Waals surface area (Å²) < 4.78 is 13.8. The van der Waals surface area contributed by atoms with Gasteiger partial charge in [0.2, 0.25) is 0 Å². The SMILES string of the molecule is CN=C(NCCS(=O)C(C)(C)C)NCc1ccn(C)c1. The summed E-state index contributed by atoms with van der Waals surface area (Å²) in [5.74, 6) is 1.36. The molecule has 0 aliphatic carbocycles. The van der Waals surface area contributed by atoms with Crippen LogP contribution in [0, 0.1) is 0 Å². The number of aromatic nitrogens is 1. The van der Waals surface area contributed by atoms with Gasteiger partial charge in [0.15, 0.2) is 5.96 Å². The summed E-state index contributed by atoms with van der Waals surface area (Å²) in [5.41, 5.74) is 1.20. The fourth-order valence-electron chi connectivity index (χ4n) is 1.64. The van der Waals surface area contributed by atoms with E-state index in [9.17, 15) is 4.21 Å². The molecule has 0 radical (unpaired) electrons. The molecule has 0 aliphatic rings. The predicted molar refractivity (Wildman–Crippen MR) is 86.4 cm³/mol. The summed E-state index contributed by atoms with van der Waals surface area (Å²) in [6.45, 7) is 7.35. The molecule has 114 valence electrons. The second kappa shape index (κ2) is 7.47. The Bertz CT molecular complexity index is 474. The van der Waals surface area contributed by atoms with Crippen LogP contribution in [0.1, 0.15) is 26.3 Å². The van der Waals surface area contributed by atoms with Crippen molar-refractivity contribution < 1.29 is 4.21 Å². The lowest BCUT2D eigenvalue weighted by atomic mass is 10.3. The molecule has 0 aliphatic heterocycles. The fraction of sp³-hybridized carbons (Fsp3) is 0.643. The van der Waals surface area contributed by atoms with Crippen LogP contribution in [0.5, 0.6) is 0 Å². The molecular weight excluding hydrogens is 272 g/mol. The van der Waals surface area contributed by atoms with Crippen molar-refractivity contribution in [3.8, 4) is 0 Å². The lowest BCUT2D eigenvalue weighted by molar-refractivity contribution is 0.647. The van der Waals surface area contributed by atoms with Crippen molar-refractivity contribution in [2.75, 3.05) is 19.3 Å². The Morgan fingerprint density at radius 2 is 2.10 bits per heavy atom. The summed E-state index contributed by atoms with van der Waals surface area (Å²) in [6, 6.07) is 2.06. The number of aliphatic imine (C=N–C) groups is 1. The lowest BCUT2D eigenvalue weighted by Gasteiger charge is -2.18. The smallest absolute Gasteiger partial charge is 0.191 e. The molecule has 0 amide bonds. The van der Waals surface area contributed by atoms with Gasteiger partial charge in [0.1, 0.15) is 0 Å². The van der Waals surface area contributed by atoms with Gasteiger partial charge in [0.25, 0.3) is 0 Å². The van der Waals surface area contributed by atoms with Gasteiger partial charge >= 0.3 is 0 Å². The zero-order chi connectivity index (χ0) is 15.2. The molecule has 1 aromatic rings. The largest absolute Gasteiger partial charge is 0.357 e. The molecule has 5 nitrogen and oxygen atoms in total. The van der Waals surface area contributed by atoms with Crippen LogP contribution in [-0.2, 0) is 24.4 Å². The van der Waals surface area contributed by atoms with Gasteiger partial charge in [0, 0.05) is 60.9 Å². The number of hydrogen-bond donors (Lipinski definition) is 2. The topological polar surface area (TPSA) is 58.4 Å². The molecular formula is C14H26N4OS. The minimum absolute atomic E-state index is 0.164. The van der Waals surface area contributed by atoms with Crippen LogP contribution in [0.15, 0.2) is 23.5 Å². The minimum atomic E-state index is -0.841. The normalized spacial score (nSPS) is 14.2. The van der Waals surface area contributed by atoms with Crippen molar-refractivity contribution in [1.29, 1.82) is 0 Å². The van der Waals surface area contributed by atoms with Crippen LogP contribution in [-0.4, -0.2) is 38.8 Å². The Kier molecular flexibility index (Phi) is 6.26. The van der Waals surface area contributed by atoms with Crippen LogP contribution in [0.3, 0.4) is 0 Å². The first-order valence-corrected chi connectivity index (χ1v) is 8.08. The van der Waals surface area contributed by atoms with Gasteiger partial charge in [-0.25, -0.2) is 0 Å². The number of rotatable bonds is 5. The zero-order valence-corrected chi connectivity index (χ0v) is 13.9. The van der Waals surface area contributed by atoms with Crippen molar-refractivity contribution in [2.24, 2.45) is 12.0 Å². The molecule has 2 N–H and O–H groups in total. The van der Waals surface area contributed by atoms with E-state index >= 15 is 0 Å². The molecule has 1 heterocycles. The molecule has 1 rings (SSSR count). The Balaban J connectivity index is 2.32. The highest BCUT2D eigenvalue weighted by Gasteiger charge is 2.18. The van der Waals surface area contributed by atoms with Crippen molar-refractivity contribution >= 4 is 16.8 Å². The van der Waals surface area contributed by atoms with E-state index in [0.29, 0.717) is 12.3 Å². The Hall–Kier alpha value is -1.30. The van der Waals surface area contributed by atoms with E-state index in [1.807, 2.05) is 38.6 Å². The zero-order valence-electron chi connectivity index (χ0n) is 13.1. The number of hydrogen-bond acceptors (Lipinski definition) is 2. The first kappa shape index (κ1) is 16.8. The third kappa shape index (κ3) is 5.77. The third-order valence-electron chi connectivity index (χ3n) is 2.84. The van der Waals surface area contributed by atoms with E-state index in [0.717, 1.165) is 12.5 Å². The highest BCUT2D eigenvalue weighted by molar-refractivity contribution is 7.86. The molecule has 0 aromatic carbocycles. The molecule has 1 aromatic heterocycles. The highest BCUT2D eigenvalue weighted by Crippen LogP contribution is 2.10. The Morgan fingerprint density at radius 1 is 1.40 bits per heavy atom. The average Bonchev–Trinajstić information content (AvgIpc) is 2.78. The molecule has 0 bridgehead atoms. The molecule has 6 heteroatoms. The monoisotopic (exact) mass is 298 g/mol. The van der Waals surface area contributed by atoms with Crippen LogP contribution >= 0.6 is 0 Å². The summed E-state index contributed by atoms with van der Waals surface area (Å²) in [6.07, 6.45) is 4.08. The van der Waals surface area contributed by atoms with Crippen molar-refractivity contribution in [3.05, 3.63) is 24.0 Å². The first-order valence-electron chi connectivity index (χ1n) is 6.77. The second-order valence-electron chi connectivity index (χ2n) is 5.70. The standard InChI is InChI=1S/C14H26N4OS/c1-14(2,3)20(19)9-7-16-13(15-4)17-10-12-6-8-18(5)11-12/h6,8,11H,7,9-10H2,1-5H3,(H2,15,16,17). The van der Waals surface area contributed by atoms with Gasteiger partial charge in [-0.3, -0.25) is 9.20 Å². The number of nitrogens with one attached hydrogen (secondary N) is 2. The van der Waals surface area contributed by atoms with E-state index in [1.165, 1.54) is 5.56 Å². The molecule has 1 atom stereocenters. The van der Waals surface area contributed by atoms with Crippen molar-refractivity contribution in [1.82, 2.24) is 15.2 Å². The lowest BCUT2D eigenvalue weighted by Crippen LogP contribution is -2.40. The van der Waals surface area contributed by atoms with Gasteiger partial charge in [-0.1, -0.05) is 0 Å². The van der Waals surface area contributed by atoms with Gasteiger partial charge < -0.3 is 15.2 Å². The average molecular weight is 298 g/mol.